The zero-order valence-electron chi connectivity index (χ0n) is 14.5. The van der Waals surface area contributed by atoms with Gasteiger partial charge in [0.25, 0.3) is 0 Å². The van der Waals surface area contributed by atoms with Crippen LogP contribution in [-0.4, -0.2) is 8.42 Å². The number of nitrogens with one attached hydrogen (secondary N) is 1. The van der Waals surface area contributed by atoms with Crippen LogP contribution < -0.4 is 9.46 Å². The van der Waals surface area contributed by atoms with Crippen LogP contribution in [0.1, 0.15) is 24.9 Å². The van der Waals surface area contributed by atoms with Gasteiger partial charge in [0, 0.05) is 6.04 Å². The Hall–Kier alpha value is -2.63. The second-order valence-electron chi connectivity index (χ2n) is 5.88. The molecule has 0 bridgehead atoms. The summed E-state index contributed by atoms with van der Waals surface area (Å²) < 4.78 is 33.9. The molecule has 134 valence electrons. The van der Waals surface area contributed by atoms with Gasteiger partial charge >= 0.3 is 0 Å². The molecule has 0 aliphatic carbocycles. The highest BCUT2D eigenvalue weighted by Gasteiger charge is 2.20. The van der Waals surface area contributed by atoms with E-state index in [9.17, 15) is 8.42 Å². The van der Waals surface area contributed by atoms with Crippen LogP contribution in [0.3, 0.4) is 0 Å². The summed E-state index contributed by atoms with van der Waals surface area (Å²) in [6.07, 6.45) is 0.665. The topological polar surface area (TPSA) is 55.4 Å². The summed E-state index contributed by atoms with van der Waals surface area (Å²) >= 11 is 0. The number of hydrogen-bond acceptors (Lipinski definition) is 3. The molecule has 0 aliphatic rings. The zero-order chi connectivity index (χ0) is 18.4. The SMILES string of the molecule is CCC(NS(=O)(=O)c1ccc(Oc2ccccc2)cc1)c1ccccc1. The number of ether oxygens (including phenoxy) is 1. The predicted molar refractivity (Wildman–Crippen MR) is 103 cm³/mol. The molecule has 3 aromatic rings. The van der Waals surface area contributed by atoms with E-state index in [1.54, 1.807) is 24.3 Å². The molecule has 0 fully saturated rings. The van der Waals surface area contributed by atoms with Gasteiger partial charge in [-0.05, 0) is 48.4 Å². The molecule has 0 amide bonds. The molecule has 3 aromatic carbocycles. The van der Waals surface area contributed by atoms with E-state index in [4.69, 9.17) is 4.74 Å². The molecule has 0 heterocycles. The number of rotatable bonds is 7. The molecule has 1 atom stereocenters. The molecule has 0 aliphatic heterocycles. The van der Waals surface area contributed by atoms with Crippen LogP contribution >= 0.6 is 0 Å². The van der Waals surface area contributed by atoms with Gasteiger partial charge in [-0.15, -0.1) is 0 Å². The fourth-order valence-corrected chi connectivity index (χ4v) is 3.95. The third kappa shape index (κ3) is 4.50. The van der Waals surface area contributed by atoms with E-state index >= 15 is 0 Å². The Balaban J connectivity index is 1.74. The standard InChI is InChI=1S/C21H21NO3S/c1-2-21(17-9-5-3-6-10-17)22-26(23,24)20-15-13-19(14-16-20)25-18-11-7-4-8-12-18/h3-16,21-22H,2H2,1H3. The largest absolute Gasteiger partial charge is 0.457 e. The van der Waals surface area contributed by atoms with Crippen molar-refractivity contribution >= 4 is 10.0 Å². The van der Waals surface area contributed by atoms with Crippen molar-refractivity contribution in [3.8, 4) is 11.5 Å². The first-order valence-corrected chi connectivity index (χ1v) is 9.97. The number of hydrogen-bond donors (Lipinski definition) is 1. The smallest absolute Gasteiger partial charge is 0.241 e. The summed E-state index contributed by atoms with van der Waals surface area (Å²) in [4.78, 5) is 0.215. The van der Waals surface area contributed by atoms with Crippen molar-refractivity contribution in [1.82, 2.24) is 4.72 Å². The molecule has 0 saturated carbocycles. The first-order valence-electron chi connectivity index (χ1n) is 8.49. The fourth-order valence-electron chi connectivity index (χ4n) is 2.64. The Bertz CT molecular complexity index is 924. The second kappa shape index (κ2) is 8.17. The Kier molecular flexibility index (Phi) is 5.71. The van der Waals surface area contributed by atoms with Gasteiger partial charge in [-0.3, -0.25) is 0 Å². The van der Waals surface area contributed by atoms with Crippen molar-refractivity contribution in [1.29, 1.82) is 0 Å². The Morgan fingerprint density at radius 1 is 0.808 bits per heavy atom. The molecule has 0 spiro atoms. The van der Waals surface area contributed by atoms with Crippen molar-refractivity contribution in [2.75, 3.05) is 0 Å². The molecule has 5 heteroatoms. The minimum Gasteiger partial charge on any atom is -0.457 e. The van der Waals surface area contributed by atoms with E-state index < -0.39 is 10.0 Å². The molecular weight excluding hydrogens is 346 g/mol. The van der Waals surface area contributed by atoms with E-state index in [1.807, 2.05) is 67.6 Å². The Labute approximate surface area is 154 Å². The summed E-state index contributed by atoms with van der Waals surface area (Å²) in [5, 5.41) is 0. The van der Waals surface area contributed by atoms with Crippen LogP contribution in [0.2, 0.25) is 0 Å². The lowest BCUT2D eigenvalue weighted by atomic mass is 10.1. The van der Waals surface area contributed by atoms with E-state index in [2.05, 4.69) is 4.72 Å². The van der Waals surface area contributed by atoms with Gasteiger partial charge in [-0.25, -0.2) is 13.1 Å². The molecule has 0 saturated heterocycles. The van der Waals surface area contributed by atoms with Crippen LogP contribution in [0.25, 0.3) is 0 Å². The maximum absolute atomic E-state index is 12.7. The van der Waals surface area contributed by atoms with Gasteiger partial charge in [0.1, 0.15) is 11.5 Å². The molecular formula is C21H21NO3S. The van der Waals surface area contributed by atoms with Crippen LogP contribution in [0.15, 0.2) is 89.8 Å². The highest BCUT2D eigenvalue weighted by atomic mass is 32.2. The Morgan fingerprint density at radius 3 is 1.92 bits per heavy atom. The average Bonchev–Trinajstić information content (AvgIpc) is 2.68. The van der Waals surface area contributed by atoms with Gasteiger partial charge in [0.2, 0.25) is 10.0 Å². The average molecular weight is 367 g/mol. The molecule has 1 unspecified atom stereocenters. The summed E-state index contributed by atoms with van der Waals surface area (Å²) in [5.41, 5.74) is 0.947. The van der Waals surface area contributed by atoms with Gasteiger partial charge in [0.05, 0.1) is 4.90 Å². The normalized spacial score (nSPS) is 12.5. The molecule has 26 heavy (non-hydrogen) atoms. The molecule has 1 N–H and O–H groups in total. The van der Waals surface area contributed by atoms with Crippen molar-refractivity contribution < 1.29 is 13.2 Å². The first-order chi connectivity index (χ1) is 12.6. The van der Waals surface area contributed by atoms with Crippen LogP contribution in [0, 0.1) is 0 Å². The third-order valence-corrected chi connectivity index (χ3v) is 5.51. The number of benzene rings is 3. The van der Waals surface area contributed by atoms with Crippen LogP contribution in [-0.2, 0) is 10.0 Å². The highest BCUT2D eigenvalue weighted by molar-refractivity contribution is 7.89. The third-order valence-electron chi connectivity index (χ3n) is 4.02. The lowest BCUT2D eigenvalue weighted by Crippen LogP contribution is -2.28. The van der Waals surface area contributed by atoms with Gasteiger partial charge in [0.15, 0.2) is 0 Å². The zero-order valence-corrected chi connectivity index (χ0v) is 15.3. The van der Waals surface area contributed by atoms with Crippen molar-refractivity contribution in [3.63, 3.8) is 0 Å². The molecule has 3 rings (SSSR count). The maximum atomic E-state index is 12.7. The highest BCUT2D eigenvalue weighted by Crippen LogP contribution is 2.24. The summed E-state index contributed by atoms with van der Waals surface area (Å²) in [6, 6.07) is 25.1. The quantitative estimate of drug-likeness (QED) is 0.646. The lowest BCUT2D eigenvalue weighted by Gasteiger charge is -2.17. The van der Waals surface area contributed by atoms with Gasteiger partial charge < -0.3 is 4.74 Å². The van der Waals surface area contributed by atoms with E-state index in [0.717, 1.165) is 5.56 Å². The van der Waals surface area contributed by atoms with Crippen molar-refractivity contribution in [3.05, 3.63) is 90.5 Å². The number of para-hydroxylation sites is 1. The van der Waals surface area contributed by atoms with Crippen LogP contribution in [0.5, 0.6) is 11.5 Å². The van der Waals surface area contributed by atoms with Crippen molar-refractivity contribution in [2.24, 2.45) is 0 Å². The fraction of sp³-hybridized carbons (Fsp3) is 0.143. The number of sulfonamides is 1. The monoisotopic (exact) mass is 367 g/mol. The minimum absolute atomic E-state index is 0.215. The summed E-state index contributed by atoms with van der Waals surface area (Å²) in [6.45, 7) is 1.96. The maximum Gasteiger partial charge on any atom is 0.241 e. The molecule has 4 nitrogen and oxygen atoms in total. The van der Waals surface area contributed by atoms with E-state index in [1.165, 1.54) is 0 Å². The molecule has 0 radical (unpaired) electrons. The summed E-state index contributed by atoms with van der Waals surface area (Å²) in [5.74, 6) is 1.29. The van der Waals surface area contributed by atoms with E-state index in [0.29, 0.717) is 17.9 Å². The van der Waals surface area contributed by atoms with Crippen LogP contribution in [0.4, 0.5) is 0 Å². The first kappa shape index (κ1) is 18.2. The van der Waals surface area contributed by atoms with E-state index in [-0.39, 0.29) is 10.9 Å². The van der Waals surface area contributed by atoms with Gasteiger partial charge in [-0.2, -0.15) is 0 Å². The lowest BCUT2D eigenvalue weighted by molar-refractivity contribution is 0.482. The molecule has 0 aromatic heterocycles. The summed E-state index contributed by atoms with van der Waals surface area (Å²) in [7, 11) is -3.61. The van der Waals surface area contributed by atoms with Gasteiger partial charge in [-0.1, -0.05) is 55.5 Å². The van der Waals surface area contributed by atoms with Crippen molar-refractivity contribution in [2.45, 2.75) is 24.3 Å². The minimum atomic E-state index is -3.61. The predicted octanol–water partition coefficient (Wildman–Crippen LogP) is 4.91. The Morgan fingerprint density at radius 2 is 1.35 bits per heavy atom. The second-order valence-corrected chi connectivity index (χ2v) is 7.59.